The predicted octanol–water partition coefficient (Wildman–Crippen LogP) is 1.64. The van der Waals surface area contributed by atoms with E-state index in [0.29, 0.717) is 36.6 Å². The number of aryl methyl sites for hydroxylation is 1. The van der Waals surface area contributed by atoms with Crippen molar-refractivity contribution < 1.29 is 4.52 Å². The van der Waals surface area contributed by atoms with Gasteiger partial charge in [0.15, 0.2) is 11.0 Å². The van der Waals surface area contributed by atoms with Crippen molar-refractivity contribution in [1.29, 1.82) is 0 Å². The Bertz CT molecular complexity index is 402. The normalized spacial score (nSPS) is 22.4. The molecule has 1 aliphatic heterocycles. The van der Waals surface area contributed by atoms with Crippen LogP contribution in [-0.4, -0.2) is 33.6 Å². The van der Waals surface area contributed by atoms with Gasteiger partial charge in [0.05, 0.1) is 6.54 Å². The van der Waals surface area contributed by atoms with Crippen LogP contribution in [0.25, 0.3) is 0 Å². The number of rotatable bonds is 4. The van der Waals surface area contributed by atoms with Gasteiger partial charge in [-0.3, -0.25) is 4.99 Å². The van der Waals surface area contributed by atoms with E-state index < -0.39 is 0 Å². The van der Waals surface area contributed by atoms with Gasteiger partial charge in [-0.15, -0.1) is 0 Å². The number of nitrogens with one attached hydrogen (secondary N) is 1. The molecule has 0 aromatic carbocycles. The van der Waals surface area contributed by atoms with E-state index in [0.717, 1.165) is 10.9 Å². The van der Waals surface area contributed by atoms with Crippen molar-refractivity contribution in [3.8, 4) is 0 Å². The molecule has 17 heavy (non-hydrogen) atoms. The van der Waals surface area contributed by atoms with Gasteiger partial charge in [-0.1, -0.05) is 30.8 Å². The largest absolute Gasteiger partial charge is 0.361 e. The lowest BCUT2D eigenvalue weighted by molar-refractivity contribution is 0.376. The van der Waals surface area contributed by atoms with Crippen LogP contribution in [0.5, 0.6) is 0 Å². The topological polar surface area (TPSA) is 63.3 Å². The van der Waals surface area contributed by atoms with E-state index >= 15 is 0 Å². The number of amidine groups is 1. The predicted molar refractivity (Wildman–Crippen MR) is 69.3 cm³/mol. The molecular weight excluding hydrogens is 236 g/mol. The van der Waals surface area contributed by atoms with Crippen LogP contribution in [0, 0.1) is 12.8 Å². The van der Waals surface area contributed by atoms with Crippen LogP contribution >= 0.6 is 11.8 Å². The highest BCUT2D eigenvalue weighted by Crippen LogP contribution is 2.18. The van der Waals surface area contributed by atoms with Crippen molar-refractivity contribution in [3.63, 3.8) is 0 Å². The van der Waals surface area contributed by atoms with E-state index in [1.807, 2.05) is 6.92 Å². The van der Waals surface area contributed by atoms with Gasteiger partial charge in [0.1, 0.15) is 0 Å². The Labute approximate surface area is 105 Å². The summed E-state index contributed by atoms with van der Waals surface area (Å²) in [6.45, 7) is 6.97. The minimum Gasteiger partial charge on any atom is -0.361 e. The minimum absolute atomic E-state index is 0.546. The number of aromatic nitrogens is 2. The Morgan fingerprint density at radius 2 is 2.41 bits per heavy atom. The third kappa shape index (κ3) is 3.46. The quantitative estimate of drug-likeness (QED) is 0.885. The standard InChI is InChI=1S/C11H18N4OS/c1-7(2)9-6-17-11(14-9)12-5-4-10-13-8(3)15-16-10/h7,9H,4-6H2,1-3H3,(H,12,14). The van der Waals surface area contributed by atoms with Gasteiger partial charge >= 0.3 is 0 Å². The number of thioether (sulfide) groups is 1. The van der Waals surface area contributed by atoms with Crippen LogP contribution in [0.15, 0.2) is 9.52 Å². The van der Waals surface area contributed by atoms with Gasteiger partial charge in [-0.05, 0) is 12.8 Å². The molecule has 1 fully saturated rings. The molecule has 1 N–H and O–H groups in total. The molecule has 0 radical (unpaired) electrons. The summed E-state index contributed by atoms with van der Waals surface area (Å²) in [6.07, 6.45) is 0.707. The maximum Gasteiger partial charge on any atom is 0.228 e. The molecule has 0 spiro atoms. The van der Waals surface area contributed by atoms with Crippen LogP contribution < -0.4 is 5.32 Å². The first-order chi connectivity index (χ1) is 8.15. The van der Waals surface area contributed by atoms with Crippen LogP contribution in [-0.2, 0) is 6.42 Å². The Hall–Kier alpha value is -1.04. The number of aliphatic imine (C=N–C) groups is 1. The molecule has 1 unspecified atom stereocenters. The highest BCUT2D eigenvalue weighted by Gasteiger charge is 2.22. The number of hydrogen-bond acceptors (Lipinski definition) is 5. The van der Waals surface area contributed by atoms with E-state index in [1.54, 1.807) is 11.8 Å². The van der Waals surface area contributed by atoms with Gasteiger partial charge in [-0.25, -0.2) is 0 Å². The first-order valence-corrected chi connectivity index (χ1v) is 6.86. The Kier molecular flexibility index (Phi) is 4.04. The molecule has 0 saturated carbocycles. The molecule has 1 atom stereocenters. The molecule has 1 aromatic rings. The molecule has 0 bridgehead atoms. The molecule has 2 heterocycles. The molecular formula is C11H18N4OS. The van der Waals surface area contributed by atoms with E-state index in [9.17, 15) is 0 Å². The lowest BCUT2D eigenvalue weighted by Crippen LogP contribution is -2.31. The SMILES string of the molecule is Cc1noc(CCN=C2NC(C(C)C)CS2)n1. The van der Waals surface area contributed by atoms with E-state index in [2.05, 4.69) is 34.3 Å². The second-order valence-corrected chi connectivity index (χ2v) is 5.49. The van der Waals surface area contributed by atoms with Crippen LogP contribution in [0.1, 0.15) is 25.6 Å². The number of hydrogen-bond donors (Lipinski definition) is 1. The first-order valence-electron chi connectivity index (χ1n) is 5.88. The summed E-state index contributed by atoms with van der Waals surface area (Å²) in [5, 5.41) is 8.22. The van der Waals surface area contributed by atoms with Crippen LogP contribution in [0.4, 0.5) is 0 Å². The average Bonchev–Trinajstić information content (AvgIpc) is 2.88. The van der Waals surface area contributed by atoms with Gasteiger partial charge < -0.3 is 9.84 Å². The summed E-state index contributed by atoms with van der Waals surface area (Å²) in [7, 11) is 0. The number of nitrogens with zero attached hydrogens (tertiary/aromatic N) is 3. The monoisotopic (exact) mass is 254 g/mol. The molecule has 6 heteroatoms. The van der Waals surface area contributed by atoms with E-state index in [1.165, 1.54) is 0 Å². The fourth-order valence-corrected chi connectivity index (χ4v) is 2.78. The summed E-state index contributed by atoms with van der Waals surface area (Å²) in [5.74, 6) is 3.10. The summed E-state index contributed by atoms with van der Waals surface area (Å²) in [4.78, 5) is 8.64. The molecule has 94 valence electrons. The highest BCUT2D eigenvalue weighted by atomic mass is 32.2. The summed E-state index contributed by atoms with van der Waals surface area (Å²) in [5.41, 5.74) is 0. The summed E-state index contributed by atoms with van der Waals surface area (Å²) < 4.78 is 5.03. The maximum absolute atomic E-state index is 5.03. The average molecular weight is 254 g/mol. The minimum atomic E-state index is 0.546. The molecule has 5 nitrogen and oxygen atoms in total. The Balaban J connectivity index is 1.78. The molecule has 1 aromatic heterocycles. The smallest absolute Gasteiger partial charge is 0.228 e. The fraction of sp³-hybridized carbons (Fsp3) is 0.727. The Morgan fingerprint density at radius 1 is 1.59 bits per heavy atom. The zero-order chi connectivity index (χ0) is 12.3. The third-order valence-corrected chi connectivity index (χ3v) is 3.71. The molecule has 0 aliphatic carbocycles. The van der Waals surface area contributed by atoms with Gasteiger partial charge in [-0.2, -0.15) is 4.98 Å². The van der Waals surface area contributed by atoms with Crippen LogP contribution in [0.2, 0.25) is 0 Å². The second kappa shape index (κ2) is 5.53. The van der Waals surface area contributed by atoms with Crippen molar-refractivity contribution in [3.05, 3.63) is 11.7 Å². The van der Waals surface area contributed by atoms with Crippen molar-refractivity contribution in [1.82, 2.24) is 15.5 Å². The molecule has 1 saturated heterocycles. The Morgan fingerprint density at radius 3 is 3.00 bits per heavy atom. The maximum atomic E-state index is 5.03. The van der Waals surface area contributed by atoms with Gasteiger partial charge in [0, 0.05) is 18.2 Å². The van der Waals surface area contributed by atoms with Crippen molar-refractivity contribution >= 4 is 16.9 Å². The van der Waals surface area contributed by atoms with Crippen LogP contribution in [0.3, 0.4) is 0 Å². The van der Waals surface area contributed by atoms with Crippen molar-refractivity contribution in [2.24, 2.45) is 10.9 Å². The third-order valence-electron chi connectivity index (χ3n) is 2.66. The lowest BCUT2D eigenvalue weighted by Gasteiger charge is -2.12. The van der Waals surface area contributed by atoms with E-state index in [-0.39, 0.29) is 0 Å². The zero-order valence-electron chi connectivity index (χ0n) is 10.4. The second-order valence-electron chi connectivity index (χ2n) is 4.48. The van der Waals surface area contributed by atoms with E-state index in [4.69, 9.17) is 4.52 Å². The highest BCUT2D eigenvalue weighted by molar-refractivity contribution is 8.14. The van der Waals surface area contributed by atoms with Gasteiger partial charge in [0.2, 0.25) is 5.89 Å². The zero-order valence-corrected chi connectivity index (χ0v) is 11.3. The van der Waals surface area contributed by atoms with Gasteiger partial charge in [0.25, 0.3) is 0 Å². The van der Waals surface area contributed by atoms with Crippen molar-refractivity contribution in [2.45, 2.75) is 33.2 Å². The molecule has 0 amide bonds. The van der Waals surface area contributed by atoms with Crippen molar-refractivity contribution in [2.75, 3.05) is 12.3 Å². The summed E-state index contributed by atoms with van der Waals surface area (Å²) in [6, 6.07) is 0.546. The molecule has 1 aliphatic rings. The molecule has 2 rings (SSSR count). The first kappa shape index (κ1) is 12.4. The fourth-order valence-electron chi connectivity index (χ4n) is 1.56. The lowest BCUT2D eigenvalue weighted by atomic mass is 10.1. The summed E-state index contributed by atoms with van der Waals surface area (Å²) >= 11 is 1.79.